The Labute approximate surface area is 105 Å². The fourth-order valence-corrected chi connectivity index (χ4v) is 3.54. The largest absolute Gasteiger partial charge is 0.294 e. The van der Waals surface area contributed by atoms with Crippen molar-refractivity contribution in [2.45, 2.75) is 64.1 Å². The van der Waals surface area contributed by atoms with Gasteiger partial charge in [-0.3, -0.25) is 5.32 Å². The van der Waals surface area contributed by atoms with E-state index in [4.69, 9.17) is 0 Å². The lowest BCUT2D eigenvalue weighted by Gasteiger charge is -2.19. The van der Waals surface area contributed by atoms with E-state index in [-0.39, 0.29) is 0 Å². The van der Waals surface area contributed by atoms with E-state index < -0.39 is 0 Å². The van der Waals surface area contributed by atoms with Crippen LogP contribution in [0.5, 0.6) is 0 Å². The first kappa shape index (κ1) is 15.7. The molecular formula is C12H27NS2. The summed E-state index contributed by atoms with van der Waals surface area (Å²) in [4.78, 5) is 0. The molecule has 1 nitrogen and oxygen atoms in total. The molecule has 0 aliphatic heterocycles. The molecule has 2 atom stereocenters. The molecule has 0 heterocycles. The van der Waals surface area contributed by atoms with E-state index in [2.05, 4.69) is 33.0 Å². The van der Waals surface area contributed by atoms with Crippen LogP contribution in [0.1, 0.15) is 53.4 Å². The van der Waals surface area contributed by atoms with Crippen molar-refractivity contribution in [3.8, 4) is 0 Å². The molecule has 0 saturated heterocycles. The van der Waals surface area contributed by atoms with Crippen molar-refractivity contribution in [1.29, 1.82) is 0 Å². The van der Waals surface area contributed by atoms with Crippen molar-refractivity contribution < 1.29 is 0 Å². The highest BCUT2D eigenvalue weighted by Crippen LogP contribution is 2.15. The van der Waals surface area contributed by atoms with E-state index >= 15 is 0 Å². The van der Waals surface area contributed by atoms with Gasteiger partial charge in [-0.2, -0.15) is 0 Å². The molecule has 92 valence electrons. The third-order valence-corrected chi connectivity index (χ3v) is 4.52. The number of hydrogen-bond donors (Lipinski definition) is 1. The number of nitrogens with one attached hydrogen (secondary N) is 1. The van der Waals surface area contributed by atoms with Crippen LogP contribution in [0.25, 0.3) is 0 Å². The third kappa shape index (κ3) is 10.9. The van der Waals surface area contributed by atoms with Gasteiger partial charge < -0.3 is 0 Å². The van der Waals surface area contributed by atoms with Crippen LogP contribution in [-0.2, 0) is 0 Å². The van der Waals surface area contributed by atoms with Gasteiger partial charge >= 0.3 is 0 Å². The van der Waals surface area contributed by atoms with Gasteiger partial charge in [-0.1, -0.05) is 26.7 Å². The zero-order valence-electron chi connectivity index (χ0n) is 10.7. The quantitative estimate of drug-likeness (QED) is 0.457. The van der Waals surface area contributed by atoms with Gasteiger partial charge in [0.15, 0.2) is 0 Å². The Balaban J connectivity index is 3.35. The number of hydrogen-bond acceptors (Lipinski definition) is 3. The molecule has 0 aromatic heterocycles. The minimum Gasteiger partial charge on any atom is -0.294 e. The molecule has 0 aromatic carbocycles. The zero-order chi connectivity index (χ0) is 11.5. The molecule has 1 N–H and O–H groups in total. The first-order valence-electron chi connectivity index (χ1n) is 6.20. The molecule has 0 fully saturated rings. The zero-order valence-corrected chi connectivity index (χ0v) is 12.3. The highest BCUT2D eigenvalue weighted by atomic mass is 32.2. The third-order valence-electron chi connectivity index (χ3n) is 2.20. The Hall–Kier alpha value is 0.660. The highest BCUT2D eigenvalue weighted by molar-refractivity contribution is 8.00. The minimum atomic E-state index is 0.598. The van der Waals surface area contributed by atoms with Gasteiger partial charge in [0.25, 0.3) is 0 Å². The molecule has 0 spiro atoms. The topological polar surface area (TPSA) is 12.0 Å². The van der Waals surface area contributed by atoms with E-state index in [1.165, 1.54) is 37.2 Å². The van der Waals surface area contributed by atoms with Crippen LogP contribution in [0.3, 0.4) is 0 Å². The maximum atomic E-state index is 3.62. The predicted octanol–water partition coefficient (Wildman–Crippen LogP) is 4.33. The van der Waals surface area contributed by atoms with Crippen LogP contribution >= 0.6 is 23.5 Å². The standard InChI is InChI=1S/C12H27NS2/c1-5-7-9-14-11(3)13-12(4)15-10-8-6-2/h11-13H,5-10H2,1-4H3. The average Bonchev–Trinajstić information content (AvgIpc) is 2.18. The van der Waals surface area contributed by atoms with Gasteiger partial charge in [0, 0.05) is 0 Å². The van der Waals surface area contributed by atoms with E-state index in [0.717, 1.165) is 0 Å². The normalized spacial score (nSPS) is 15.2. The van der Waals surface area contributed by atoms with E-state index in [1.807, 2.05) is 23.5 Å². The first-order valence-corrected chi connectivity index (χ1v) is 8.29. The van der Waals surface area contributed by atoms with Gasteiger partial charge in [-0.05, 0) is 38.2 Å². The molecular weight excluding hydrogens is 222 g/mol. The summed E-state index contributed by atoms with van der Waals surface area (Å²) < 4.78 is 0. The Morgan fingerprint density at radius 1 is 0.867 bits per heavy atom. The van der Waals surface area contributed by atoms with Gasteiger partial charge in [0.2, 0.25) is 0 Å². The summed E-state index contributed by atoms with van der Waals surface area (Å²) in [5.41, 5.74) is 0. The molecule has 3 heteroatoms. The number of rotatable bonds is 10. The molecule has 15 heavy (non-hydrogen) atoms. The molecule has 2 unspecified atom stereocenters. The molecule has 0 rings (SSSR count). The lowest BCUT2D eigenvalue weighted by Crippen LogP contribution is -2.30. The van der Waals surface area contributed by atoms with Crippen LogP contribution in [0.15, 0.2) is 0 Å². The summed E-state index contributed by atoms with van der Waals surface area (Å²) in [6.07, 6.45) is 5.29. The second-order valence-electron chi connectivity index (χ2n) is 3.90. The van der Waals surface area contributed by atoms with Gasteiger partial charge in [0.1, 0.15) is 0 Å². The summed E-state index contributed by atoms with van der Waals surface area (Å²) in [6.45, 7) is 9.05. The van der Waals surface area contributed by atoms with E-state index in [9.17, 15) is 0 Å². The minimum absolute atomic E-state index is 0.598. The summed E-state index contributed by atoms with van der Waals surface area (Å²) >= 11 is 4.09. The Morgan fingerprint density at radius 2 is 1.27 bits per heavy atom. The SMILES string of the molecule is CCCCSC(C)NC(C)SCCCC. The van der Waals surface area contributed by atoms with Crippen LogP contribution in [0, 0.1) is 0 Å². The second-order valence-corrected chi connectivity index (χ2v) is 6.80. The summed E-state index contributed by atoms with van der Waals surface area (Å²) in [5.74, 6) is 2.58. The van der Waals surface area contributed by atoms with Gasteiger partial charge in [0.05, 0.1) is 10.7 Å². The molecule has 0 aliphatic carbocycles. The van der Waals surface area contributed by atoms with Crippen LogP contribution in [-0.4, -0.2) is 22.3 Å². The van der Waals surface area contributed by atoms with Crippen molar-refractivity contribution >= 4 is 23.5 Å². The summed E-state index contributed by atoms with van der Waals surface area (Å²) in [7, 11) is 0. The van der Waals surface area contributed by atoms with Crippen molar-refractivity contribution in [3.05, 3.63) is 0 Å². The summed E-state index contributed by atoms with van der Waals surface area (Å²) in [6, 6.07) is 0. The predicted molar refractivity (Wildman–Crippen MR) is 76.8 cm³/mol. The second kappa shape index (κ2) is 11.2. The monoisotopic (exact) mass is 249 g/mol. The maximum absolute atomic E-state index is 3.62. The molecule has 0 aromatic rings. The Kier molecular flexibility index (Phi) is 11.6. The smallest absolute Gasteiger partial charge is 0.0511 e. The van der Waals surface area contributed by atoms with Gasteiger partial charge in [-0.15, -0.1) is 23.5 Å². The van der Waals surface area contributed by atoms with E-state index in [0.29, 0.717) is 10.7 Å². The maximum Gasteiger partial charge on any atom is 0.0511 e. The molecule has 0 amide bonds. The van der Waals surface area contributed by atoms with Crippen molar-refractivity contribution in [2.75, 3.05) is 11.5 Å². The van der Waals surface area contributed by atoms with Crippen molar-refractivity contribution in [3.63, 3.8) is 0 Å². The fourth-order valence-electron chi connectivity index (χ4n) is 1.24. The van der Waals surface area contributed by atoms with Crippen molar-refractivity contribution in [2.24, 2.45) is 0 Å². The van der Waals surface area contributed by atoms with Gasteiger partial charge in [-0.25, -0.2) is 0 Å². The molecule has 0 radical (unpaired) electrons. The molecule has 0 saturated carbocycles. The van der Waals surface area contributed by atoms with Crippen LogP contribution < -0.4 is 5.32 Å². The molecule has 0 aliphatic rings. The summed E-state index contributed by atoms with van der Waals surface area (Å²) in [5, 5.41) is 4.82. The van der Waals surface area contributed by atoms with Crippen LogP contribution in [0.2, 0.25) is 0 Å². The molecule has 0 bridgehead atoms. The lowest BCUT2D eigenvalue weighted by molar-refractivity contribution is 0.679. The fraction of sp³-hybridized carbons (Fsp3) is 1.00. The highest BCUT2D eigenvalue weighted by Gasteiger charge is 2.06. The van der Waals surface area contributed by atoms with Crippen LogP contribution in [0.4, 0.5) is 0 Å². The van der Waals surface area contributed by atoms with E-state index in [1.54, 1.807) is 0 Å². The first-order chi connectivity index (χ1) is 7.20. The number of thioether (sulfide) groups is 2. The number of unbranched alkanes of at least 4 members (excludes halogenated alkanes) is 2. The Bertz CT molecular complexity index is 117. The Morgan fingerprint density at radius 3 is 1.60 bits per heavy atom. The van der Waals surface area contributed by atoms with Crippen molar-refractivity contribution in [1.82, 2.24) is 5.32 Å². The average molecular weight is 249 g/mol. The lowest BCUT2D eigenvalue weighted by atomic mass is 10.4.